The average molecular weight is 342 g/mol. The fourth-order valence-electron chi connectivity index (χ4n) is 3.45. The minimum absolute atomic E-state index is 0.0581. The van der Waals surface area contributed by atoms with Crippen LogP contribution in [0.4, 0.5) is 0 Å². The second-order valence-corrected chi connectivity index (χ2v) is 7.71. The first-order valence-electron chi connectivity index (χ1n) is 8.87. The van der Waals surface area contributed by atoms with Crippen LogP contribution in [0.15, 0.2) is 40.9 Å². The molecule has 0 bridgehead atoms. The SMILES string of the molecule is CC(C)(C)[C@@H]1OCCC[C@H]1CNC(=O)c1cc(-c2ccccc2)no1. The molecule has 0 aliphatic carbocycles. The molecule has 0 unspecified atom stereocenters. The van der Waals surface area contributed by atoms with E-state index in [2.05, 4.69) is 31.2 Å². The first-order chi connectivity index (χ1) is 11.9. The lowest BCUT2D eigenvalue weighted by atomic mass is 9.78. The molecule has 134 valence electrons. The predicted octanol–water partition coefficient (Wildman–Crippen LogP) is 3.91. The monoisotopic (exact) mass is 342 g/mol. The van der Waals surface area contributed by atoms with Gasteiger partial charge in [-0.3, -0.25) is 4.79 Å². The molecule has 5 heteroatoms. The summed E-state index contributed by atoms with van der Waals surface area (Å²) in [5.74, 6) is 0.324. The maximum Gasteiger partial charge on any atom is 0.289 e. The van der Waals surface area contributed by atoms with Crippen molar-refractivity contribution in [2.45, 2.75) is 39.7 Å². The molecule has 1 fully saturated rings. The summed E-state index contributed by atoms with van der Waals surface area (Å²) in [6.45, 7) is 7.93. The van der Waals surface area contributed by atoms with Gasteiger partial charge in [-0.2, -0.15) is 0 Å². The Kier molecular flexibility index (Phi) is 5.23. The van der Waals surface area contributed by atoms with Crippen LogP contribution >= 0.6 is 0 Å². The van der Waals surface area contributed by atoms with Gasteiger partial charge in [0.15, 0.2) is 0 Å². The van der Waals surface area contributed by atoms with Gasteiger partial charge in [-0.15, -0.1) is 0 Å². The Hall–Kier alpha value is -2.14. The lowest BCUT2D eigenvalue weighted by Gasteiger charge is -2.40. The van der Waals surface area contributed by atoms with Crippen LogP contribution < -0.4 is 5.32 Å². The first-order valence-corrected chi connectivity index (χ1v) is 8.87. The molecule has 2 atom stereocenters. The summed E-state index contributed by atoms with van der Waals surface area (Å²) in [6, 6.07) is 11.4. The largest absolute Gasteiger partial charge is 0.377 e. The highest BCUT2D eigenvalue weighted by molar-refractivity contribution is 5.92. The Bertz CT molecular complexity index is 703. The highest BCUT2D eigenvalue weighted by Crippen LogP contribution is 2.33. The van der Waals surface area contributed by atoms with Gasteiger partial charge in [0.25, 0.3) is 5.91 Å². The summed E-state index contributed by atoms with van der Waals surface area (Å²) < 4.78 is 11.2. The maximum atomic E-state index is 12.4. The third-order valence-electron chi connectivity index (χ3n) is 4.63. The minimum atomic E-state index is -0.229. The van der Waals surface area contributed by atoms with E-state index in [1.165, 1.54) is 0 Å². The molecule has 3 rings (SSSR count). The molecule has 1 saturated heterocycles. The topological polar surface area (TPSA) is 64.4 Å². The van der Waals surface area contributed by atoms with E-state index in [-0.39, 0.29) is 23.2 Å². The summed E-state index contributed by atoms with van der Waals surface area (Å²) in [7, 11) is 0. The van der Waals surface area contributed by atoms with Crippen molar-refractivity contribution in [3.05, 3.63) is 42.2 Å². The Balaban J connectivity index is 1.62. The summed E-state index contributed by atoms with van der Waals surface area (Å²) in [6.07, 6.45) is 2.25. The van der Waals surface area contributed by atoms with E-state index < -0.39 is 0 Å². The van der Waals surface area contributed by atoms with Gasteiger partial charge in [-0.1, -0.05) is 56.3 Å². The van der Waals surface area contributed by atoms with Gasteiger partial charge in [0.05, 0.1) is 6.10 Å². The number of carbonyl (C=O) groups is 1. The van der Waals surface area contributed by atoms with E-state index in [0.717, 1.165) is 25.0 Å². The molecule has 1 aliphatic rings. The Morgan fingerprint density at radius 1 is 1.28 bits per heavy atom. The van der Waals surface area contributed by atoms with E-state index in [1.807, 2.05) is 30.3 Å². The van der Waals surface area contributed by atoms with Crippen molar-refractivity contribution >= 4 is 5.91 Å². The second kappa shape index (κ2) is 7.40. The smallest absolute Gasteiger partial charge is 0.289 e. The van der Waals surface area contributed by atoms with Gasteiger partial charge >= 0.3 is 0 Å². The van der Waals surface area contributed by atoms with Crippen LogP contribution in [-0.2, 0) is 4.74 Å². The number of amides is 1. The summed E-state index contributed by atoms with van der Waals surface area (Å²) in [5, 5.41) is 6.98. The number of aromatic nitrogens is 1. The third kappa shape index (κ3) is 4.28. The highest BCUT2D eigenvalue weighted by Gasteiger charge is 2.35. The van der Waals surface area contributed by atoms with Crippen LogP contribution in [0, 0.1) is 11.3 Å². The lowest BCUT2D eigenvalue weighted by molar-refractivity contribution is -0.0839. The lowest BCUT2D eigenvalue weighted by Crippen LogP contribution is -2.45. The first kappa shape index (κ1) is 17.7. The van der Waals surface area contributed by atoms with Crippen molar-refractivity contribution in [3.63, 3.8) is 0 Å². The van der Waals surface area contributed by atoms with E-state index in [9.17, 15) is 4.79 Å². The van der Waals surface area contributed by atoms with Crippen LogP contribution in [-0.4, -0.2) is 30.3 Å². The molecule has 1 aliphatic heterocycles. The third-order valence-corrected chi connectivity index (χ3v) is 4.63. The number of hydrogen-bond donors (Lipinski definition) is 1. The van der Waals surface area contributed by atoms with Crippen LogP contribution in [0.3, 0.4) is 0 Å². The molecule has 2 aromatic rings. The number of nitrogens with zero attached hydrogens (tertiary/aromatic N) is 1. The normalized spacial score (nSPS) is 21.1. The zero-order valence-corrected chi connectivity index (χ0v) is 15.1. The van der Waals surface area contributed by atoms with Crippen molar-refractivity contribution in [1.82, 2.24) is 10.5 Å². The number of benzene rings is 1. The van der Waals surface area contributed by atoms with Crippen LogP contribution in [0.5, 0.6) is 0 Å². The molecular weight excluding hydrogens is 316 g/mol. The number of hydrogen-bond acceptors (Lipinski definition) is 4. The molecule has 1 aromatic heterocycles. The summed E-state index contributed by atoms with van der Waals surface area (Å²) in [5.41, 5.74) is 1.65. The number of carbonyl (C=O) groups excluding carboxylic acids is 1. The van der Waals surface area contributed by atoms with Gasteiger partial charge in [-0.25, -0.2) is 0 Å². The van der Waals surface area contributed by atoms with Crippen molar-refractivity contribution < 1.29 is 14.1 Å². The quantitative estimate of drug-likeness (QED) is 0.915. The summed E-state index contributed by atoms with van der Waals surface area (Å²) >= 11 is 0. The van der Waals surface area contributed by atoms with Crippen molar-refractivity contribution in [2.24, 2.45) is 11.3 Å². The van der Waals surface area contributed by atoms with Crippen LogP contribution in [0.25, 0.3) is 11.3 Å². The summed E-state index contributed by atoms with van der Waals surface area (Å²) in [4.78, 5) is 12.4. The van der Waals surface area contributed by atoms with Gasteiger partial charge in [0.1, 0.15) is 5.69 Å². The predicted molar refractivity (Wildman–Crippen MR) is 96.2 cm³/mol. The molecule has 0 radical (unpaired) electrons. The number of rotatable bonds is 4. The molecule has 1 aromatic carbocycles. The molecule has 1 N–H and O–H groups in total. The van der Waals surface area contributed by atoms with Crippen molar-refractivity contribution in [1.29, 1.82) is 0 Å². The fraction of sp³-hybridized carbons (Fsp3) is 0.500. The van der Waals surface area contributed by atoms with Crippen molar-refractivity contribution in [2.75, 3.05) is 13.2 Å². The standard InChI is InChI=1S/C20H26N2O3/c1-20(2,3)18-15(10-7-11-24-18)13-21-19(23)17-12-16(22-25-17)14-8-5-4-6-9-14/h4-6,8-9,12,15,18H,7,10-11,13H2,1-3H3,(H,21,23)/t15-,18+/m0/s1. The molecule has 1 amide bonds. The average Bonchev–Trinajstić information content (AvgIpc) is 3.10. The molecule has 0 spiro atoms. The zero-order valence-electron chi connectivity index (χ0n) is 15.1. The minimum Gasteiger partial charge on any atom is -0.377 e. The van der Waals surface area contributed by atoms with E-state index in [0.29, 0.717) is 18.2 Å². The van der Waals surface area contributed by atoms with Gasteiger partial charge in [0.2, 0.25) is 5.76 Å². The molecular formula is C20H26N2O3. The van der Waals surface area contributed by atoms with Crippen LogP contribution in [0.1, 0.15) is 44.2 Å². The Morgan fingerprint density at radius 3 is 2.76 bits per heavy atom. The number of nitrogens with one attached hydrogen (secondary N) is 1. The van der Waals surface area contributed by atoms with E-state index >= 15 is 0 Å². The highest BCUT2D eigenvalue weighted by atomic mass is 16.5. The molecule has 25 heavy (non-hydrogen) atoms. The molecule has 0 saturated carbocycles. The van der Waals surface area contributed by atoms with Gasteiger partial charge < -0.3 is 14.6 Å². The maximum absolute atomic E-state index is 12.4. The molecule has 5 nitrogen and oxygen atoms in total. The van der Waals surface area contributed by atoms with Gasteiger partial charge in [0, 0.05) is 30.7 Å². The van der Waals surface area contributed by atoms with Gasteiger partial charge in [-0.05, 0) is 18.3 Å². The zero-order chi connectivity index (χ0) is 17.9. The fourth-order valence-corrected chi connectivity index (χ4v) is 3.45. The van der Waals surface area contributed by atoms with E-state index in [1.54, 1.807) is 6.07 Å². The van der Waals surface area contributed by atoms with E-state index in [4.69, 9.17) is 9.26 Å². The second-order valence-electron chi connectivity index (χ2n) is 7.71. The molecule has 2 heterocycles. The van der Waals surface area contributed by atoms with Crippen molar-refractivity contribution in [3.8, 4) is 11.3 Å². The van der Waals surface area contributed by atoms with Crippen LogP contribution in [0.2, 0.25) is 0 Å². The number of ether oxygens (including phenoxy) is 1. The Morgan fingerprint density at radius 2 is 2.04 bits per heavy atom. The Labute approximate surface area is 148 Å².